The Morgan fingerprint density at radius 1 is 0.693 bits per heavy atom. The summed E-state index contributed by atoms with van der Waals surface area (Å²) in [5.74, 6) is 1.13. The first-order chi connectivity index (χ1) is 36.4. The predicted molar refractivity (Wildman–Crippen MR) is 289 cm³/mol. The Hall–Kier alpha value is -8.04. The number of rotatable bonds is 10. The van der Waals surface area contributed by atoms with Crippen molar-refractivity contribution in [3.05, 3.63) is 186 Å². The molecule has 0 aromatic heterocycles. The van der Waals surface area contributed by atoms with E-state index >= 15 is 4.79 Å². The molecule has 12 rings (SSSR count). The Morgan fingerprint density at radius 3 is 1.89 bits per heavy atom. The third kappa shape index (κ3) is 7.80. The molecule has 5 atom stereocenters. The topological polar surface area (TPSA) is 138 Å². The van der Waals surface area contributed by atoms with Crippen molar-refractivity contribution in [3.63, 3.8) is 0 Å². The minimum absolute atomic E-state index is 0.00841. The molecule has 5 aliphatic rings. The second kappa shape index (κ2) is 18.7. The molecular weight excluding hydrogens is 961 g/mol. The third-order valence-electron chi connectivity index (χ3n) is 16.2. The maximum atomic E-state index is 16.3. The number of carbonyl (C=O) groups excluding carboxylic acids is 4. The van der Waals surface area contributed by atoms with Crippen LogP contribution in [0.1, 0.15) is 58.0 Å². The van der Waals surface area contributed by atoms with Crippen LogP contribution < -0.4 is 34.1 Å². The zero-order chi connectivity index (χ0) is 51.8. The van der Waals surface area contributed by atoms with Crippen LogP contribution in [0.15, 0.2) is 164 Å². The largest absolute Gasteiger partial charge is 0.497 e. The van der Waals surface area contributed by atoms with Crippen LogP contribution in [0.3, 0.4) is 0 Å². The van der Waals surface area contributed by atoms with Crippen LogP contribution in [0.4, 0.5) is 28.4 Å². The van der Waals surface area contributed by atoms with E-state index in [9.17, 15) is 19.5 Å². The monoisotopic (exact) mass is 1020 g/mol. The lowest BCUT2D eigenvalue weighted by atomic mass is 9.82. The number of amides is 4. The van der Waals surface area contributed by atoms with Gasteiger partial charge in [-0.15, -0.1) is 0 Å². The minimum Gasteiger partial charge on any atom is -0.497 e. The number of carbonyl (C=O) groups is 4. The summed E-state index contributed by atoms with van der Waals surface area (Å²) in [5, 5.41) is 11.5. The average molecular weight is 1020 g/mol. The summed E-state index contributed by atoms with van der Waals surface area (Å²) in [6, 6.07) is 50.3. The number of aliphatic hydroxyl groups excluding tert-OH is 1. The summed E-state index contributed by atoms with van der Waals surface area (Å²) in [6.07, 6.45) is 0.798. The molecule has 0 bridgehead atoms. The second-order valence-corrected chi connectivity index (χ2v) is 25.3. The van der Waals surface area contributed by atoms with Crippen molar-refractivity contribution in [2.75, 3.05) is 35.0 Å². The van der Waals surface area contributed by atoms with Crippen molar-refractivity contribution >= 4 is 65.3 Å². The number of hydrogen-bond acceptors (Lipinski definition) is 9. The van der Waals surface area contributed by atoms with Gasteiger partial charge in [-0.2, -0.15) is 0 Å². The fraction of sp³-hybridized carbons (Fsp3) is 0.246. The summed E-state index contributed by atoms with van der Waals surface area (Å²) >= 11 is 0. The molecule has 5 heterocycles. The highest BCUT2D eigenvalue weighted by atomic mass is 28.3. The molecule has 13 nitrogen and oxygen atoms in total. The molecule has 2 fully saturated rings. The van der Waals surface area contributed by atoms with Crippen LogP contribution >= 0.6 is 0 Å². The van der Waals surface area contributed by atoms with Gasteiger partial charge in [0.2, 0.25) is 5.91 Å². The molecule has 0 saturated carbocycles. The fourth-order valence-corrected chi connectivity index (χ4v) is 16.6. The minimum atomic E-state index is -2.72. The standard InChI is InChI=1S/C61H56N4O9Si/c1-38-57(75(3,4)44-29-27-43(71-2)28-30-44)55(35-56(67)62-32-14-17-42(62)37-66)74-61(38)47-34-41(65-50-21-8-12-25-54(50)73-52-23-10-6-19-46(52)59(65)69)26-31-48(47)63(60(61)70)36-39-15-13-16-40(33-39)64-49-20-7-11-24-53(49)72-51-22-9-5-18-45(51)58(64)68/h5-13,15-16,18-31,33-34,38,42,55,57,66H,14,17,32,35-37H2,1-4H3/t38-,42+,55+,57-,61+/m1/s1. The number of nitrogens with zero attached hydrogens (tertiary/aromatic N) is 4. The van der Waals surface area contributed by atoms with Crippen molar-refractivity contribution in [1.29, 1.82) is 0 Å². The van der Waals surface area contributed by atoms with E-state index in [0.717, 1.165) is 22.9 Å². The van der Waals surface area contributed by atoms with Crippen LogP contribution in [-0.2, 0) is 26.5 Å². The number of ether oxygens (including phenoxy) is 4. The Balaban J connectivity index is 1.01. The number of methoxy groups -OCH3 is 1. The van der Waals surface area contributed by atoms with Gasteiger partial charge in [0.15, 0.2) is 17.1 Å². The van der Waals surface area contributed by atoms with Gasteiger partial charge in [-0.3, -0.25) is 29.0 Å². The van der Waals surface area contributed by atoms with Crippen LogP contribution in [0, 0.1) is 5.92 Å². The molecule has 1 N–H and O–H groups in total. The molecule has 2 saturated heterocycles. The Bertz CT molecular complexity index is 3440. The molecule has 0 radical (unpaired) electrons. The van der Waals surface area contributed by atoms with E-state index in [1.54, 1.807) is 57.0 Å². The van der Waals surface area contributed by atoms with Crippen LogP contribution in [0.25, 0.3) is 0 Å². The predicted octanol–water partition coefficient (Wildman–Crippen LogP) is 11.0. The van der Waals surface area contributed by atoms with E-state index < -0.39 is 25.7 Å². The summed E-state index contributed by atoms with van der Waals surface area (Å²) in [5.41, 5.74) is 3.00. The molecule has 7 aromatic carbocycles. The Labute approximate surface area is 436 Å². The number of fused-ring (bicyclic) bond motifs is 6. The van der Waals surface area contributed by atoms with Gasteiger partial charge in [0.05, 0.1) is 75.1 Å². The number of anilines is 5. The van der Waals surface area contributed by atoms with E-state index in [-0.39, 0.29) is 54.8 Å². The number of para-hydroxylation sites is 6. The van der Waals surface area contributed by atoms with Crippen molar-refractivity contribution < 1.29 is 43.2 Å². The number of benzene rings is 7. The molecule has 4 amide bonds. The second-order valence-electron chi connectivity index (χ2n) is 20.6. The number of hydrogen-bond donors (Lipinski definition) is 1. The SMILES string of the molecule is COc1ccc([Si](C)(C)[C@H]2[C@H](CC(=O)N3CCC[C@H]3CO)O[C@@]3(C(=O)N(Cc4cccc(N5C(=O)c6ccccc6Oc6ccccc65)c4)c4ccc(N5C(=O)c6ccccc6Oc6ccccc65)cc43)[C@@H]2C)cc1. The van der Waals surface area contributed by atoms with E-state index in [4.69, 9.17) is 18.9 Å². The van der Waals surface area contributed by atoms with E-state index in [1.807, 2.05) is 121 Å². The van der Waals surface area contributed by atoms with Crippen molar-refractivity contribution in [2.45, 2.75) is 69.1 Å². The van der Waals surface area contributed by atoms with Crippen molar-refractivity contribution in [2.24, 2.45) is 5.92 Å². The van der Waals surface area contributed by atoms with Crippen molar-refractivity contribution in [3.8, 4) is 28.7 Å². The third-order valence-corrected chi connectivity index (χ3v) is 20.5. The van der Waals surface area contributed by atoms with Gasteiger partial charge >= 0.3 is 0 Å². The first-order valence-electron chi connectivity index (χ1n) is 25.6. The Morgan fingerprint density at radius 2 is 1.28 bits per heavy atom. The first-order valence-corrected chi connectivity index (χ1v) is 28.7. The van der Waals surface area contributed by atoms with Gasteiger partial charge in [-0.1, -0.05) is 98.0 Å². The van der Waals surface area contributed by atoms with Gasteiger partial charge in [0.25, 0.3) is 17.7 Å². The normalized spacial score (nSPS) is 21.6. The van der Waals surface area contributed by atoms with Gasteiger partial charge in [-0.05, 0) is 115 Å². The number of aliphatic hydroxyl groups is 1. The quantitative estimate of drug-likeness (QED) is 0.133. The van der Waals surface area contributed by atoms with Crippen LogP contribution in [0.2, 0.25) is 18.6 Å². The highest BCUT2D eigenvalue weighted by Gasteiger charge is 2.67. The van der Waals surface area contributed by atoms with Crippen LogP contribution in [-0.4, -0.2) is 74.1 Å². The molecule has 75 heavy (non-hydrogen) atoms. The van der Waals surface area contributed by atoms with Gasteiger partial charge in [0.1, 0.15) is 17.2 Å². The summed E-state index contributed by atoms with van der Waals surface area (Å²) in [4.78, 5) is 67.4. The summed E-state index contributed by atoms with van der Waals surface area (Å²) in [7, 11) is -1.09. The summed E-state index contributed by atoms with van der Waals surface area (Å²) < 4.78 is 25.9. The molecule has 1 spiro atoms. The van der Waals surface area contributed by atoms with E-state index in [2.05, 4.69) is 32.2 Å². The lowest BCUT2D eigenvalue weighted by molar-refractivity contribution is -0.150. The zero-order valence-electron chi connectivity index (χ0n) is 42.1. The maximum absolute atomic E-state index is 16.3. The lowest BCUT2D eigenvalue weighted by Crippen LogP contribution is -2.52. The molecule has 14 heteroatoms. The average Bonchev–Trinajstić information content (AvgIpc) is 4.04. The lowest BCUT2D eigenvalue weighted by Gasteiger charge is -2.37. The molecular formula is C61H56N4O9Si. The van der Waals surface area contributed by atoms with Gasteiger partial charge in [-0.25, -0.2) is 0 Å². The smallest absolute Gasteiger partial charge is 0.266 e. The van der Waals surface area contributed by atoms with Gasteiger partial charge in [0, 0.05) is 29.4 Å². The fourth-order valence-electron chi connectivity index (χ4n) is 12.5. The molecule has 0 aliphatic carbocycles. The van der Waals surface area contributed by atoms with Crippen LogP contribution in [0.5, 0.6) is 28.7 Å². The highest BCUT2D eigenvalue weighted by Crippen LogP contribution is 2.61. The van der Waals surface area contributed by atoms with E-state index in [1.165, 1.54) is 0 Å². The van der Waals surface area contributed by atoms with E-state index in [0.29, 0.717) is 81.1 Å². The zero-order valence-corrected chi connectivity index (χ0v) is 43.1. The summed E-state index contributed by atoms with van der Waals surface area (Å²) in [6.45, 7) is 7.13. The Kier molecular flexibility index (Phi) is 12.0. The molecule has 378 valence electrons. The van der Waals surface area contributed by atoms with Crippen molar-refractivity contribution in [1.82, 2.24) is 4.90 Å². The molecule has 0 unspecified atom stereocenters. The van der Waals surface area contributed by atoms with Gasteiger partial charge < -0.3 is 33.9 Å². The molecule has 7 aromatic rings. The maximum Gasteiger partial charge on any atom is 0.266 e. The first kappa shape index (κ1) is 47.9. The highest BCUT2D eigenvalue weighted by molar-refractivity contribution is 6.91. The molecule has 5 aliphatic heterocycles. The number of likely N-dealkylation sites (tertiary alicyclic amines) is 1.